The number of rotatable bonds is 1. The molecule has 4 fully saturated rings. The van der Waals surface area contributed by atoms with Gasteiger partial charge in [0.25, 0.3) is 0 Å². The summed E-state index contributed by atoms with van der Waals surface area (Å²) < 4.78 is 0. The van der Waals surface area contributed by atoms with E-state index in [9.17, 15) is 10.2 Å². The SMILES string of the molecule is C[C@H]1[C@H](C)CC[C@@]2(CO)CC[C@@]3(C)C(=CC[C@@H]4[C@]5(C)CC[C@H](O)C(C)(C)[C@@H]5CC[C@@]43C)[C@H]12. The maximum absolute atomic E-state index is 10.9. The average Bonchev–Trinajstić information content (AvgIpc) is 2.74. The summed E-state index contributed by atoms with van der Waals surface area (Å²) in [5, 5.41) is 21.6. The molecule has 0 bridgehead atoms. The zero-order valence-corrected chi connectivity index (χ0v) is 22.0. The molecule has 4 saturated carbocycles. The topological polar surface area (TPSA) is 40.5 Å². The van der Waals surface area contributed by atoms with Gasteiger partial charge >= 0.3 is 0 Å². The van der Waals surface area contributed by atoms with Crippen molar-refractivity contribution in [2.45, 2.75) is 112 Å². The summed E-state index contributed by atoms with van der Waals surface area (Å²) in [7, 11) is 0. The van der Waals surface area contributed by atoms with Crippen LogP contribution in [0.3, 0.4) is 0 Å². The molecule has 0 spiro atoms. The standard InChI is InChI=1S/C30H50O2/c1-19-10-15-30(18-31)17-16-28(6)21(25(30)20(19)2)8-9-23-27(5)13-12-24(32)26(3,4)22(27)11-14-29(23,28)7/h8,19-20,22-25,31-32H,9-18H2,1-7H3/t19-,20+,22+,23-,24+,25+,27-,28+,29+,30+/m1/s1. The van der Waals surface area contributed by atoms with E-state index in [0.717, 1.165) is 12.3 Å². The van der Waals surface area contributed by atoms with Crippen LogP contribution in [0.2, 0.25) is 0 Å². The molecule has 0 saturated heterocycles. The first-order chi connectivity index (χ1) is 14.9. The van der Waals surface area contributed by atoms with Gasteiger partial charge in [-0.25, -0.2) is 0 Å². The first kappa shape index (κ1) is 23.4. The van der Waals surface area contributed by atoms with Gasteiger partial charge in [-0.2, -0.15) is 0 Å². The number of allylic oxidation sites excluding steroid dienone is 2. The van der Waals surface area contributed by atoms with Gasteiger partial charge in [0.15, 0.2) is 0 Å². The Morgan fingerprint density at radius 2 is 1.59 bits per heavy atom. The molecule has 0 radical (unpaired) electrons. The smallest absolute Gasteiger partial charge is 0.0594 e. The lowest BCUT2D eigenvalue weighted by Crippen LogP contribution is -2.65. The Balaban J connectivity index is 1.59. The molecule has 5 aliphatic rings. The van der Waals surface area contributed by atoms with Gasteiger partial charge in [-0.3, -0.25) is 0 Å². The maximum atomic E-state index is 10.9. The van der Waals surface area contributed by atoms with Crippen molar-refractivity contribution < 1.29 is 10.2 Å². The molecule has 2 N–H and O–H groups in total. The molecule has 5 aliphatic carbocycles. The molecule has 10 atom stereocenters. The first-order valence-electron chi connectivity index (χ1n) is 13.9. The molecule has 0 unspecified atom stereocenters. The Bertz CT molecular complexity index is 799. The van der Waals surface area contributed by atoms with Crippen LogP contribution in [-0.4, -0.2) is 22.9 Å². The summed E-state index contributed by atoms with van der Waals surface area (Å²) >= 11 is 0. The number of aliphatic hydroxyl groups excluding tert-OH is 2. The van der Waals surface area contributed by atoms with Crippen LogP contribution < -0.4 is 0 Å². The number of aliphatic hydroxyl groups is 2. The Morgan fingerprint density at radius 1 is 0.875 bits per heavy atom. The third-order valence-corrected chi connectivity index (χ3v) is 13.5. The monoisotopic (exact) mass is 442 g/mol. The minimum absolute atomic E-state index is 0.0190. The van der Waals surface area contributed by atoms with Gasteiger partial charge in [0.05, 0.1) is 6.10 Å². The molecular formula is C30H50O2. The largest absolute Gasteiger partial charge is 0.396 e. The molecule has 0 heterocycles. The summed E-state index contributed by atoms with van der Waals surface area (Å²) in [4.78, 5) is 0. The molecule has 182 valence electrons. The summed E-state index contributed by atoms with van der Waals surface area (Å²) in [6.07, 6.45) is 13.4. The molecular weight excluding hydrogens is 392 g/mol. The Hall–Kier alpha value is -0.340. The second-order valence-electron chi connectivity index (χ2n) is 14.5. The molecule has 0 amide bonds. The van der Waals surface area contributed by atoms with Crippen molar-refractivity contribution in [2.24, 2.45) is 56.7 Å². The molecule has 0 aromatic heterocycles. The molecule has 0 aromatic carbocycles. The molecule has 0 aliphatic heterocycles. The predicted octanol–water partition coefficient (Wildman–Crippen LogP) is 7.00. The van der Waals surface area contributed by atoms with Gasteiger partial charge in [0.1, 0.15) is 0 Å². The molecule has 2 nitrogen and oxygen atoms in total. The minimum Gasteiger partial charge on any atom is -0.396 e. The van der Waals surface area contributed by atoms with Crippen LogP contribution in [0.1, 0.15) is 106 Å². The molecule has 5 rings (SSSR count). The van der Waals surface area contributed by atoms with E-state index in [4.69, 9.17) is 0 Å². The third kappa shape index (κ3) is 2.66. The van der Waals surface area contributed by atoms with E-state index in [2.05, 4.69) is 54.5 Å². The van der Waals surface area contributed by atoms with Crippen molar-refractivity contribution in [3.8, 4) is 0 Å². The van der Waals surface area contributed by atoms with E-state index in [1.807, 2.05) is 0 Å². The molecule has 2 heteroatoms. The first-order valence-corrected chi connectivity index (χ1v) is 13.9. The lowest BCUT2D eigenvalue weighted by atomic mass is 9.33. The Labute approximate surface area is 197 Å². The lowest BCUT2D eigenvalue weighted by Gasteiger charge is -2.71. The van der Waals surface area contributed by atoms with E-state index in [-0.39, 0.29) is 22.3 Å². The van der Waals surface area contributed by atoms with Crippen molar-refractivity contribution in [1.82, 2.24) is 0 Å². The van der Waals surface area contributed by atoms with Crippen molar-refractivity contribution in [3.63, 3.8) is 0 Å². The zero-order chi connectivity index (χ0) is 23.3. The lowest BCUT2D eigenvalue weighted by molar-refractivity contribution is -0.205. The van der Waals surface area contributed by atoms with Crippen molar-refractivity contribution >= 4 is 0 Å². The quantitative estimate of drug-likeness (QED) is 0.429. The van der Waals surface area contributed by atoms with E-state index < -0.39 is 0 Å². The highest BCUT2D eigenvalue weighted by atomic mass is 16.3. The minimum atomic E-state index is -0.153. The van der Waals surface area contributed by atoms with Gasteiger partial charge < -0.3 is 10.2 Å². The zero-order valence-electron chi connectivity index (χ0n) is 22.0. The van der Waals surface area contributed by atoms with Gasteiger partial charge in [-0.15, -0.1) is 0 Å². The number of fused-ring (bicyclic) bond motifs is 7. The Kier molecular flexibility index (Phi) is 5.19. The van der Waals surface area contributed by atoms with Gasteiger partial charge in [0.2, 0.25) is 0 Å². The Morgan fingerprint density at radius 3 is 2.28 bits per heavy atom. The van der Waals surface area contributed by atoms with Crippen LogP contribution >= 0.6 is 0 Å². The predicted molar refractivity (Wildman–Crippen MR) is 132 cm³/mol. The summed E-state index contributed by atoms with van der Waals surface area (Å²) in [5.41, 5.74) is 2.77. The fraction of sp³-hybridized carbons (Fsp3) is 0.933. The van der Waals surface area contributed by atoms with Gasteiger partial charge in [-0.05, 0) is 109 Å². The van der Waals surface area contributed by atoms with Gasteiger partial charge in [-0.1, -0.05) is 60.1 Å². The average molecular weight is 443 g/mol. The number of hydrogen-bond acceptors (Lipinski definition) is 2. The van der Waals surface area contributed by atoms with Crippen LogP contribution in [0.5, 0.6) is 0 Å². The fourth-order valence-corrected chi connectivity index (χ4v) is 10.9. The van der Waals surface area contributed by atoms with Crippen molar-refractivity contribution in [3.05, 3.63) is 11.6 Å². The van der Waals surface area contributed by atoms with E-state index in [0.29, 0.717) is 41.1 Å². The summed E-state index contributed by atoms with van der Waals surface area (Å²) in [5.74, 6) is 3.29. The van der Waals surface area contributed by atoms with E-state index in [1.54, 1.807) is 5.57 Å². The van der Waals surface area contributed by atoms with Crippen LogP contribution in [-0.2, 0) is 0 Å². The van der Waals surface area contributed by atoms with E-state index >= 15 is 0 Å². The summed E-state index contributed by atoms with van der Waals surface area (Å²) in [6, 6.07) is 0. The maximum Gasteiger partial charge on any atom is 0.0594 e. The molecule has 32 heavy (non-hydrogen) atoms. The van der Waals surface area contributed by atoms with Crippen LogP contribution in [0.15, 0.2) is 11.6 Å². The normalized spacial score (nSPS) is 56.8. The number of hydrogen-bond donors (Lipinski definition) is 2. The highest BCUT2D eigenvalue weighted by molar-refractivity contribution is 5.34. The van der Waals surface area contributed by atoms with Crippen LogP contribution in [0.4, 0.5) is 0 Å². The fourth-order valence-electron chi connectivity index (χ4n) is 10.9. The second kappa shape index (κ2) is 7.09. The van der Waals surface area contributed by atoms with E-state index in [1.165, 1.54) is 51.4 Å². The van der Waals surface area contributed by atoms with Gasteiger partial charge in [0, 0.05) is 12.0 Å². The molecule has 0 aromatic rings. The van der Waals surface area contributed by atoms with Crippen molar-refractivity contribution in [2.75, 3.05) is 6.61 Å². The highest BCUT2D eigenvalue weighted by Crippen LogP contribution is 2.75. The third-order valence-electron chi connectivity index (χ3n) is 13.5. The highest BCUT2D eigenvalue weighted by Gasteiger charge is 2.68. The van der Waals surface area contributed by atoms with Crippen LogP contribution in [0, 0.1) is 56.7 Å². The second-order valence-corrected chi connectivity index (χ2v) is 14.5. The van der Waals surface area contributed by atoms with Crippen molar-refractivity contribution in [1.29, 1.82) is 0 Å². The van der Waals surface area contributed by atoms with Crippen LogP contribution in [0.25, 0.3) is 0 Å². The summed E-state index contributed by atoms with van der Waals surface area (Å²) in [6.45, 7) is 17.9.